The van der Waals surface area contributed by atoms with E-state index in [1.54, 1.807) is 36.9 Å². The van der Waals surface area contributed by atoms with Gasteiger partial charge >= 0.3 is 0 Å². The second-order valence-electron chi connectivity index (χ2n) is 4.72. The third kappa shape index (κ3) is 3.30. The lowest BCUT2D eigenvalue weighted by Crippen LogP contribution is -2.48. The Labute approximate surface area is 134 Å². The first-order valence-electron chi connectivity index (χ1n) is 6.57. The summed E-state index contributed by atoms with van der Waals surface area (Å²) in [6.45, 7) is 2.24. The molecule has 0 radical (unpaired) electrons. The third-order valence-corrected chi connectivity index (χ3v) is 7.08. The lowest BCUT2D eigenvalue weighted by atomic mass is 10.1. The molecule has 0 saturated carbocycles. The predicted octanol–water partition coefficient (Wildman–Crippen LogP) is 1.94. The van der Waals surface area contributed by atoms with Crippen LogP contribution in [0.3, 0.4) is 0 Å². The summed E-state index contributed by atoms with van der Waals surface area (Å²) >= 11 is 7.76. The number of benzene rings is 1. The zero-order chi connectivity index (χ0) is 15.6. The number of nitrogens with one attached hydrogen (secondary N) is 1. The molecule has 1 heterocycles. The Kier molecular flexibility index (Phi) is 5.06. The van der Waals surface area contributed by atoms with Crippen molar-refractivity contribution >= 4 is 44.7 Å². The average Bonchev–Trinajstić information content (AvgIpc) is 2.46. The zero-order valence-electron chi connectivity index (χ0n) is 11.7. The van der Waals surface area contributed by atoms with Crippen molar-refractivity contribution in [1.29, 1.82) is 5.41 Å². The van der Waals surface area contributed by atoms with E-state index in [-0.39, 0.29) is 11.6 Å². The second-order valence-corrected chi connectivity index (χ2v) is 8.73. The number of anilines is 1. The Bertz CT molecular complexity index is 649. The molecule has 0 aliphatic carbocycles. The van der Waals surface area contributed by atoms with Crippen LogP contribution in [0.5, 0.6) is 0 Å². The third-order valence-electron chi connectivity index (χ3n) is 3.47. The van der Waals surface area contributed by atoms with Gasteiger partial charge in [0.15, 0.2) is 9.84 Å². The molecule has 2 rings (SSSR count). The summed E-state index contributed by atoms with van der Waals surface area (Å²) in [5, 5.41) is 7.48. The molecule has 0 aromatic heterocycles. The van der Waals surface area contributed by atoms with Gasteiger partial charge in [-0.05, 0) is 12.1 Å². The van der Waals surface area contributed by atoms with Gasteiger partial charge in [0.1, 0.15) is 11.2 Å². The van der Waals surface area contributed by atoms with E-state index in [0.717, 1.165) is 5.75 Å². The largest absolute Gasteiger partial charge is 0.384 e. The van der Waals surface area contributed by atoms with Crippen molar-refractivity contribution in [2.75, 3.05) is 28.7 Å². The van der Waals surface area contributed by atoms with Crippen molar-refractivity contribution in [1.82, 2.24) is 0 Å². The van der Waals surface area contributed by atoms with Gasteiger partial charge < -0.3 is 10.6 Å². The Hall–Kier alpha value is -0.920. The summed E-state index contributed by atoms with van der Waals surface area (Å²) in [6.07, 6.45) is 0. The highest BCUT2D eigenvalue weighted by Crippen LogP contribution is 2.33. The van der Waals surface area contributed by atoms with Crippen molar-refractivity contribution in [2.24, 2.45) is 5.73 Å². The first kappa shape index (κ1) is 16.5. The summed E-state index contributed by atoms with van der Waals surface area (Å²) in [5.74, 6) is 1.28. The van der Waals surface area contributed by atoms with Crippen molar-refractivity contribution in [3.63, 3.8) is 0 Å². The molecule has 1 unspecified atom stereocenters. The highest BCUT2D eigenvalue weighted by molar-refractivity contribution is 8.01. The Morgan fingerprint density at radius 2 is 2.29 bits per heavy atom. The van der Waals surface area contributed by atoms with Gasteiger partial charge in [0, 0.05) is 23.8 Å². The number of sulfone groups is 1. The van der Waals surface area contributed by atoms with E-state index < -0.39 is 15.2 Å². The molecular weight excluding hydrogens is 330 g/mol. The zero-order valence-corrected chi connectivity index (χ0v) is 14.1. The SMILES string of the molecule is CCS(=O)(=O)C1CSCCN1c1cccc(Cl)c1C(=N)N. The molecule has 5 nitrogen and oxygen atoms in total. The minimum atomic E-state index is -3.22. The maximum atomic E-state index is 12.3. The number of nitrogen functional groups attached to an aromatic ring is 1. The quantitative estimate of drug-likeness (QED) is 0.642. The molecule has 0 amide bonds. The minimum absolute atomic E-state index is 0.0880. The van der Waals surface area contributed by atoms with E-state index in [2.05, 4.69) is 0 Å². The summed E-state index contributed by atoms with van der Waals surface area (Å²) in [5.41, 5.74) is 6.65. The first-order chi connectivity index (χ1) is 9.88. The number of hydrogen-bond donors (Lipinski definition) is 2. The smallest absolute Gasteiger partial charge is 0.171 e. The van der Waals surface area contributed by atoms with Crippen LogP contribution in [0, 0.1) is 5.41 Å². The van der Waals surface area contributed by atoms with Gasteiger partial charge in [-0.25, -0.2) is 8.42 Å². The molecule has 1 aromatic rings. The van der Waals surface area contributed by atoms with Crippen LogP contribution < -0.4 is 10.6 Å². The molecule has 1 aliphatic rings. The number of rotatable bonds is 4. The van der Waals surface area contributed by atoms with E-state index in [9.17, 15) is 8.42 Å². The first-order valence-corrected chi connectivity index (χ1v) is 9.82. The molecule has 116 valence electrons. The molecule has 1 aromatic carbocycles. The van der Waals surface area contributed by atoms with Crippen molar-refractivity contribution in [3.8, 4) is 0 Å². The molecule has 21 heavy (non-hydrogen) atoms. The normalized spacial score (nSPS) is 19.5. The topological polar surface area (TPSA) is 87.2 Å². The van der Waals surface area contributed by atoms with Crippen LogP contribution in [0.4, 0.5) is 5.69 Å². The maximum absolute atomic E-state index is 12.3. The van der Waals surface area contributed by atoms with Crippen LogP contribution in [-0.4, -0.2) is 43.4 Å². The number of nitrogens with zero attached hydrogens (tertiary/aromatic N) is 1. The highest BCUT2D eigenvalue weighted by Gasteiger charge is 2.34. The molecule has 1 aliphatic heterocycles. The van der Waals surface area contributed by atoms with E-state index in [4.69, 9.17) is 22.7 Å². The Morgan fingerprint density at radius 3 is 2.90 bits per heavy atom. The average molecular weight is 348 g/mol. The van der Waals surface area contributed by atoms with Crippen LogP contribution in [0.15, 0.2) is 18.2 Å². The summed E-state index contributed by atoms with van der Waals surface area (Å²) in [4.78, 5) is 1.82. The van der Waals surface area contributed by atoms with Gasteiger partial charge in [-0.1, -0.05) is 24.6 Å². The van der Waals surface area contributed by atoms with Gasteiger partial charge in [-0.2, -0.15) is 11.8 Å². The summed E-state index contributed by atoms with van der Waals surface area (Å²) in [7, 11) is -3.22. The van der Waals surface area contributed by atoms with Gasteiger partial charge in [0.25, 0.3) is 0 Å². The highest BCUT2D eigenvalue weighted by atomic mass is 35.5. The van der Waals surface area contributed by atoms with Crippen molar-refractivity contribution < 1.29 is 8.42 Å². The van der Waals surface area contributed by atoms with Gasteiger partial charge in [0.05, 0.1) is 16.3 Å². The van der Waals surface area contributed by atoms with E-state index in [1.165, 1.54) is 0 Å². The Morgan fingerprint density at radius 1 is 1.57 bits per heavy atom. The lowest BCUT2D eigenvalue weighted by molar-refractivity contribution is 0.579. The minimum Gasteiger partial charge on any atom is -0.384 e. The number of nitrogens with two attached hydrogens (primary N) is 1. The predicted molar refractivity (Wildman–Crippen MR) is 90.4 cm³/mol. The molecule has 8 heteroatoms. The molecule has 0 bridgehead atoms. The second kappa shape index (κ2) is 6.46. The molecule has 3 N–H and O–H groups in total. The lowest BCUT2D eigenvalue weighted by Gasteiger charge is -2.37. The standard InChI is InChI=1S/C13H18ClN3O2S2/c1-2-21(18,19)11-8-20-7-6-17(11)10-5-3-4-9(14)12(10)13(15)16/h3-5,11H,2,6-8H2,1H3,(H3,15,16). The summed E-state index contributed by atoms with van der Waals surface area (Å²) in [6, 6.07) is 5.18. The fourth-order valence-corrected chi connectivity index (χ4v) is 5.62. The van der Waals surface area contributed by atoms with Crippen molar-refractivity contribution in [2.45, 2.75) is 12.3 Å². The number of hydrogen-bond acceptors (Lipinski definition) is 5. The molecular formula is C13H18ClN3O2S2. The fraction of sp³-hybridized carbons (Fsp3) is 0.462. The van der Waals surface area contributed by atoms with E-state index >= 15 is 0 Å². The molecule has 1 atom stereocenters. The molecule has 1 saturated heterocycles. The van der Waals surface area contributed by atoms with Gasteiger partial charge in [0.2, 0.25) is 0 Å². The van der Waals surface area contributed by atoms with Gasteiger partial charge in [-0.15, -0.1) is 0 Å². The number of thioether (sulfide) groups is 1. The molecule has 0 spiro atoms. The number of amidine groups is 1. The summed E-state index contributed by atoms with van der Waals surface area (Å²) < 4.78 is 24.7. The van der Waals surface area contributed by atoms with Crippen molar-refractivity contribution in [3.05, 3.63) is 28.8 Å². The fourth-order valence-electron chi connectivity index (χ4n) is 2.37. The monoisotopic (exact) mass is 347 g/mol. The van der Waals surface area contributed by atoms with Crippen LogP contribution in [0.2, 0.25) is 5.02 Å². The van der Waals surface area contributed by atoms with Crippen LogP contribution >= 0.6 is 23.4 Å². The molecule has 1 fully saturated rings. The maximum Gasteiger partial charge on any atom is 0.171 e. The Balaban J connectivity index is 2.53. The van der Waals surface area contributed by atoms with E-state index in [1.807, 2.05) is 4.90 Å². The van der Waals surface area contributed by atoms with Crippen LogP contribution in [0.25, 0.3) is 0 Å². The number of halogens is 1. The van der Waals surface area contributed by atoms with E-state index in [0.29, 0.717) is 28.6 Å². The van der Waals surface area contributed by atoms with Gasteiger partial charge in [-0.3, -0.25) is 5.41 Å². The van der Waals surface area contributed by atoms with Crippen LogP contribution in [0.1, 0.15) is 12.5 Å². The van der Waals surface area contributed by atoms with Crippen LogP contribution in [-0.2, 0) is 9.84 Å².